The van der Waals surface area contributed by atoms with Crippen LogP contribution in [0.5, 0.6) is 11.5 Å². The van der Waals surface area contributed by atoms with Crippen LogP contribution in [0.3, 0.4) is 0 Å². The van der Waals surface area contributed by atoms with Gasteiger partial charge in [-0.2, -0.15) is 0 Å². The summed E-state index contributed by atoms with van der Waals surface area (Å²) in [5, 5.41) is 9.87. The van der Waals surface area contributed by atoms with Gasteiger partial charge in [0.15, 0.2) is 11.5 Å². The van der Waals surface area contributed by atoms with E-state index in [1.807, 2.05) is 30.3 Å². The van der Waals surface area contributed by atoms with Crippen molar-refractivity contribution in [2.75, 3.05) is 38.8 Å². The van der Waals surface area contributed by atoms with E-state index in [0.717, 1.165) is 5.69 Å². The molecule has 3 rings (SSSR count). The van der Waals surface area contributed by atoms with Gasteiger partial charge in [0.1, 0.15) is 6.04 Å². The van der Waals surface area contributed by atoms with Crippen LogP contribution < -0.4 is 14.4 Å². The first kappa shape index (κ1) is 18.7. The van der Waals surface area contributed by atoms with Gasteiger partial charge in [-0.3, -0.25) is 14.5 Å². The minimum absolute atomic E-state index is 0.00618. The quantitative estimate of drug-likeness (QED) is 0.840. The molecule has 1 aliphatic rings. The van der Waals surface area contributed by atoms with Crippen LogP contribution in [-0.2, 0) is 9.59 Å². The van der Waals surface area contributed by atoms with E-state index in [-0.39, 0.29) is 12.5 Å². The fourth-order valence-electron chi connectivity index (χ4n) is 3.41. The van der Waals surface area contributed by atoms with Gasteiger partial charge in [0.05, 0.1) is 20.8 Å². The second-order valence-corrected chi connectivity index (χ2v) is 6.17. The van der Waals surface area contributed by atoms with Gasteiger partial charge in [0.2, 0.25) is 5.91 Å². The Balaban J connectivity index is 1.88. The molecule has 0 aliphatic carbocycles. The van der Waals surface area contributed by atoms with E-state index in [9.17, 15) is 14.7 Å². The molecule has 0 saturated carbocycles. The second kappa shape index (κ2) is 8.09. The Morgan fingerprint density at radius 2 is 1.78 bits per heavy atom. The average Bonchev–Trinajstić information content (AvgIpc) is 2.68. The van der Waals surface area contributed by atoms with Crippen LogP contribution in [0.25, 0.3) is 0 Å². The Bertz CT molecular complexity index is 824. The van der Waals surface area contributed by atoms with Crippen molar-refractivity contribution in [1.82, 2.24) is 4.90 Å². The van der Waals surface area contributed by atoms with Crippen LogP contribution in [0.1, 0.15) is 11.6 Å². The predicted octanol–water partition coefficient (Wildman–Crippen LogP) is 2.18. The van der Waals surface area contributed by atoms with Gasteiger partial charge in [-0.15, -0.1) is 0 Å². The largest absolute Gasteiger partial charge is 0.493 e. The van der Waals surface area contributed by atoms with E-state index in [2.05, 4.69) is 0 Å². The van der Waals surface area contributed by atoms with Crippen LogP contribution in [0.4, 0.5) is 5.69 Å². The zero-order valence-electron chi connectivity index (χ0n) is 15.3. The summed E-state index contributed by atoms with van der Waals surface area (Å²) in [5.41, 5.74) is 1.28. The first-order chi connectivity index (χ1) is 13.1. The summed E-state index contributed by atoms with van der Waals surface area (Å²) in [6.07, 6.45) is 0. The number of rotatable bonds is 6. The Hall–Kier alpha value is -3.06. The molecule has 0 aromatic heterocycles. The molecule has 1 fully saturated rings. The maximum Gasteiger partial charge on any atom is 0.325 e. The number of anilines is 1. The summed E-state index contributed by atoms with van der Waals surface area (Å²) >= 11 is 0. The van der Waals surface area contributed by atoms with Gasteiger partial charge >= 0.3 is 5.97 Å². The number of carbonyl (C=O) groups excluding carboxylic acids is 1. The molecule has 7 heteroatoms. The molecule has 0 radical (unpaired) electrons. The Kier molecular flexibility index (Phi) is 5.61. The molecule has 0 unspecified atom stereocenters. The van der Waals surface area contributed by atoms with Crippen LogP contribution >= 0.6 is 0 Å². The highest BCUT2D eigenvalue weighted by Crippen LogP contribution is 2.37. The molecule has 0 bridgehead atoms. The van der Waals surface area contributed by atoms with E-state index in [1.54, 1.807) is 28.0 Å². The highest BCUT2D eigenvalue weighted by molar-refractivity contribution is 5.96. The minimum Gasteiger partial charge on any atom is -0.493 e. The van der Waals surface area contributed by atoms with Crippen LogP contribution in [0, 0.1) is 0 Å². The third-order valence-corrected chi connectivity index (χ3v) is 4.65. The van der Waals surface area contributed by atoms with Gasteiger partial charge in [0, 0.05) is 24.3 Å². The van der Waals surface area contributed by atoms with Crippen molar-refractivity contribution in [2.45, 2.75) is 6.04 Å². The maximum absolute atomic E-state index is 12.7. The zero-order chi connectivity index (χ0) is 19.4. The van der Waals surface area contributed by atoms with Crippen LogP contribution in [-0.4, -0.2) is 55.7 Å². The van der Waals surface area contributed by atoms with Crippen molar-refractivity contribution in [3.63, 3.8) is 0 Å². The lowest BCUT2D eigenvalue weighted by Crippen LogP contribution is -2.52. The standard InChI is InChI=1S/C20H22N2O5/c1-26-16-10-6-9-15(19(16)27-2)18(20(24)25)21-11-12-22(17(23)13-21)14-7-4-3-5-8-14/h3-10,18H,11-13H2,1-2H3,(H,24,25)/t18-/m0/s1. The van der Waals surface area contributed by atoms with Gasteiger partial charge < -0.3 is 19.5 Å². The molecular formula is C20H22N2O5. The molecule has 1 heterocycles. The van der Waals surface area contributed by atoms with Crippen LogP contribution in [0.15, 0.2) is 48.5 Å². The number of ether oxygens (including phenoxy) is 2. The number of carboxylic acids is 1. The van der Waals surface area contributed by atoms with Gasteiger partial charge in [-0.25, -0.2) is 0 Å². The topological polar surface area (TPSA) is 79.3 Å². The molecule has 2 aromatic rings. The van der Waals surface area contributed by atoms with E-state index in [0.29, 0.717) is 30.2 Å². The molecule has 1 aliphatic heterocycles. The lowest BCUT2D eigenvalue weighted by molar-refractivity contribution is -0.144. The SMILES string of the molecule is COc1cccc([C@@H](C(=O)O)N2CCN(c3ccccc3)C(=O)C2)c1OC. The molecule has 142 valence electrons. The first-order valence-corrected chi connectivity index (χ1v) is 8.60. The van der Waals surface area contributed by atoms with Crippen molar-refractivity contribution < 1.29 is 24.2 Å². The lowest BCUT2D eigenvalue weighted by Gasteiger charge is -2.37. The average molecular weight is 370 g/mol. The lowest BCUT2D eigenvalue weighted by atomic mass is 10.0. The van der Waals surface area contributed by atoms with Gasteiger partial charge in [-0.05, 0) is 18.2 Å². The molecule has 2 aromatic carbocycles. The van der Waals surface area contributed by atoms with Crippen molar-refractivity contribution in [2.24, 2.45) is 0 Å². The molecule has 0 spiro atoms. The number of benzene rings is 2. The number of para-hydroxylation sites is 2. The fourth-order valence-corrected chi connectivity index (χ4v) is 3.41. The summed E-state index contributed by atoms with van der Waals surface area (Å²) in [6.45, 7) is 0.850. The summed E-state index contributed by atoms with van der Waals surface area (Å²) in [7, 11) is 2.97. The molecule has 1 N–H and O–H groups in total. The van der Waals surface area contributed by atoms with Crippen molar-refractivity contribution in [1.29, 1.82) is 0 Å². The molecule has 1 amide bonds. The Morgan fingerprint density at radius 3 is 2.37 bits per heavy atom. The minimum atomic E-state index is -1.04. The van der Waals surface area contributed by atoms with E-state index >= 15 is 0 Å². The molecule has 7 nitrogen and oxygen atoms in total. The monoisotopic (exact) mass is 370 g/mol. The van der Waals surface area contributed by atoms with Crippen molar-refractivity contribution in [3.05, 3.63) is 54.1 Å². The second-order valence-electron chi connectivity index (χ2n) is 6.17. The summed E-state index contributed by atoms with van der Waals surface area (Å²) in [6, 6.07) is 13.5. The molecule has 1 atom stereocenters. The Morgan fingerprint density at radius 1 is 1.04 bits per heavy atom. The van der Waals surface area contributed by atoms with Gasteiger partial charge in [-0.1, -0.05) is 30.3 Å². The van der Waals surface area contributed by atoms with E-state index in [4.69, 9.17) is 9.47 Å². The number of amides is 1. The number of carbonyl (C=O) groups is 2. The zero-order valence-corrected chi connectivity index (χ0v) is 15.3. The molecular weight excluding hydrogens is 348 g/mol. The number of piperazine rings is 1. The third kappa shape index (κ3) is 3.73. The number of hydrogen-bond donors (Lipinski definition) is 1. The maximum atomic E-state index is 12.7. The van der Waals surface area contributed by atoms with Gasteiger partial charge in [0.25, 0.3) is 0 Å². The first-order valence-electron chi connectivity index (χ1n) is 8.60. The van der Waals surface area contributed by atoms with Crippen LogP contribution in [0.2, 0.25) is 0 Å². The van der Waals surface area contributed by atoms with Crippen molar-refractivity contribution >= 4 is 17.6 Å². The highest BCUT2D eigenvalue weighted by atomic mass is 16.5. The summed E-state index contributed by atoms with van der Waals surface area (Å²) in [4.78, 5) is 28.1. The third-order valence-electron chi connectivity index (χ3n) is 4.65. The fraction of sp³-hybridized carbons (Fsp3) is 0.300. The number of hydrogen-bond acceptors (Lipinski definition) is 5. The number of carboxylic acid groups (broad SMARTS) is 1. The smallest absolute Gasteiger partial charge is 0.325 e. The summed E-state index contributed by atoms with van der Waals surface area (Å²) < 4.78 is 10.7. The predicted molar refractivity (Wildman–Crippen MR) is 100 cm³/mol. The van der Waals surface area contributed by atoms with E-state index < -0.39 is 12.0 Å². The Labute approximate surface area is 157 Å². The normalized spacial score (nSPS) is 16.1. The molecule has 1 saturated heterocycles. The van der Waals surface area contributed by atoms with E-state index in [1.165, 1.54) is 14.2 Å². The number of methoxy groups -OCH3 is 2. The number of nitrogens with zero attached hydrogens (tertiary/aromatic N) is 2. The van der Waals surface area contributed by atoms with Crippen molar-refractivity contribution in [3.8, 4) is 11.5 Å². The number of aliphatic carboxylic acids is 1. The highest BCUT2D eigenvalue weighted by Gasteiger charge is 2.36. The summed E-state index contributed by atoms with van der Waals surface area (Å²) in [5.74, 6) is -0.357. The molecule has 27 heavy (non-hydrogen) atoms.